The number of benzene rings is 2. The molecule has 6 heteroatoms. The van der Waals surface area contributed by atoms with E-state index in [0.717, 1.165) is 49.1 Å². The molecule has 1 atom stereocenters. The van der Waals surface area contributed by atoms with Crippen molar-refractivity contribution in [2.75, 3.05) is 33.9 Å². The highest BCUT2D eigenvalue weighted by molar-refractivity contribution is 5.90. The summed E-state index contributed by atoms with van der Waals surface area (Å²) in [4.78, 5) is 37.5. The van der Waals surface area contributed by atoms with Crippen LogP contribution in [0.15, 0.2) is 42.5 Å². The van der Waals surface area contributed by atoms with Crippen LogP contribution in [-0.2, 0) is 21.4 Å². The molecule has 2 aromatic carbocycles. The van der Waals surface area contributed by atoms with Gasteiger partial charge in [0.2, 0.25) is 0 Å². The topological polar surface area (TPSA) is 72.9 Å². The van der Waals surface area contributed by atoms with Gasteiger partial charge < -0.3 is 14.4 Å². The average Bonchev–Trinajstić information content (AvgIpc) is 2.85. The zero-order valence-electron chi connectivity index (χ0n) is 20.1. The van der Waals surface area contributed by atoms with Crippen molar-refractivity contribution in [1.82, 2.24) is 4.90 Å². The highest BCUT2D eigenvalue weighted by atomic mass is 16.5. The van der Waals surface area contributed by atoms with Gasteiger partial charge in [-0.3, -0.25) is 14.4 Å². The molecule has 0 saturated carbocycles. The maximum Gasteiger partial charge on any atom is 0.316 e. The van der Waals surface area contributed by atoms with Crippen LogP contribution in [0.5, 0.6) is 5.75 Å². The van der Waals surface area contributed by atoms with Crippen molar-refractivity contribution in [3.05, 3.63) is 64.7 Å². The van der Waals surface area contributed by atoms with Gasteiger partial charge in [0.1, 0.15) is 5.75 Å². The van der Waals surface area contributed by atoms with Gasteiger partial charge in [0.05, 0.1) is 19.1 Å². The summed E-state index contributed by atoms with van der Waals surface area (Å²) in [5.74, 6) is 0.530. The molecule has 0 amide bonds. The third-order valence-electron chi connectivity index (χ3n) is 6.22. The molecular weight excluding hydrogens is 418 g/mol. The van der Waals surface area contributed by atoms with Crippen LogP contribution in [0, 0.1) is 0 Å². The summed E-state index contributed by atoms with van der Waals surface area (Å²) in [7, 11) is 3.67. The van der Waals surface area contributed by atoms with Crippen molar-refractivity contribution >= 4 is 18.5 Å². The Hall–Kier alpha value is -2.99. The zero-order valence-corrected chi connectivity index (χ0v) is 20.1. The number of likely N-dealkylation sites (N-methyl/N-ethyl adjacent to an activating group) is 1. The van der Waals surface area contributed by atoms with E-state index in [1.807, 2.05) is 51.2 Å². The van der Waals surface area contributed by atoms with E-state index in [9.17, 15) is 14.4 Å². The number of carbonyl (C=O) groups excluding carboxylic acids is 3. The lowest BCUT2D eigenvalue weighted by molar-refractivity contribution is -0.150. The summed E-state index contributed by atoms with van der Waals surface area (Å²) in [5.41, 5.74) is 2.05. The minimum atomic E-state index is -0.713. The number of esters is 1. The van der Waals surface area contributed by atoms with Crippen LogP contribution in [0.3, 0.4) is 0 Å². The number of hydrogen-bond acceptors (Lipinski definition) is 6. The second-order valence-corrected chi connectivity index (χ2v) is 8.24. The van der Waals surface area contributed by atoms with Crippen LogP contribution >= 0.6 is 0 Å². The van der Waals surface area contributed by atoms with E-state index in [1.165, 1.54) is 0 Å². The predicted molar refractivity (Wildman–Crippen MR) is 129 cm³/mol. The van der Waals surface area contributed by atoms with Gasteiger partial charge in [0.25, 0.3) is 0 Å². The Morgan fingerprint density at radius 1 is 1.03 bits per heavy atom. The molecule has 0 N–H and O–H groups in total. The molecule has 0 saturated heterocycles. The van der Waals surface area contributed by atoms with E-state index in [2.05, 4.69) is 4.90 Å². The van der Waals surface area contributed by atoms with Crippen molar-refractivity contribution in [2.45, 2.75) is 44.9 Å². The van der Waals surface area contributed by atoms with E-state index in [1.54, 1.807) is 19.2 Å². The molecule has 0 heterocycles. The molecule has 0 aliphatic rings. The molecule has 1 unspecified atom stereocenters. The SMILES string of the molecule is CCOC(=O)C(CC)(CCCN(C)CCc1ccc(C=O)c(C=O)c1)c1cccc(OC)c1. The molecule has 2 aromatic rings. The average molecular weight is 454 g/mol. The van der Waals surface area contributed by atoms with Crippen LogP contribution < -0.4 is 4.74 Å². The number of aldehydes is 2. The van der Waals surface area contributed by atoms with Crippen molar-refractivity contribution in [1.29, 1.82) is 0 Å². The third-order valence-corrected chi connectivity index (χ3v) is 6.22. The largest absolute Gasteiger partial charge is 0.497 e. The lowest BCUT2D eigenvalue weighted by Gasteiger charge is -2.32. The van der Waals surface area contributed by atoms with Gasteiger partial charge in [-0.2, -0.15) is 0 Å². The molecule has 0 spiro atoms. The molecule has 0 bridgehead atoms. The standard InChI is InChI=1S/C27H35NO5/c1-5-27(26(31)33-6-2,24-9-7-10-25(18-24)32-4)14-8-15-28(3)16-13-21-11-12-22(19-29)23(17-21)20-30/h7,9-12,17-20H,5-6,8,13-16H2,1-4H3. The fourth-order valence-corrected chi connectivity index (χ4v) is 4.15. The Bertz CT molecular complexity index is 942. The van der Waals surface area contributed by atoms with Crippen molar-refractivity contribution < 1.29 is 23.9 Å². The minimum absolute atomic E-state index is 0.194. The first kappa shape index (κ1) is 26.3. The first-order chi connectivity index (χ1) is 15.9. The molecule has 0 aliphatic carbocycles. The molecule has 0 aromatic heterocycles. The summed E-state index contributed by atoms with van der Waals surface area (Å²) in [6.45, 7) is 5.81. The lowest BCUT2D eigenvalue weighted by atomic mass is 9.74. The maximum absolute atomic E-state index is 13.1. The predicted octanol–water partition coefficient (Wildman–Crippen LogP) is 4.49. The number of hydrogen-bond donors (Lipinski definition) is 0. The monoisotopic (exact) mass is 453 g/mol. The first-order valence-corrected chi connectivity index (χ1v) is 11.5. The van der Waals surface area contributed by atoms with Crippen LogP contribution in [0.25, 0.3) is 0 Å². The van der Waals surface area contributed by atoms with E-state index >= 15 is 0 Å². The zero-order chi connectivity index (χ0) is 24.3. The van der Waals surface area contributed by atoms with Gasteiger partial charge in [0, 0.05) is 17.7 Å². The fourth-order valence-electron chi connectivity index (χ4n) is 4.15. The Morgan fingerprint density at radius 3 is 2.42 bits per heavy atom. The molecule has 178 valence electrons. The van der Waals surface area contributed by atoms with Crippen molar-refractivity contribution in [3.63, 3.8) is 0 Å². The molecule has 33 heavy (non-hydrogen) atoms. The fraction of sp³-hybridized carbons (Fsp3) is 0.444. The Morgan fingerprint density at radius 2 is 1.79 bits per heavy atom. The lowest BCUT2D eigenvalue weighted by Crippen LogP contribution is -2.38. The summed E-state index contributed by atoms with van der Waals surface area (Å²) >= 11 is 0. The van der Waals surface area contributed by atoms with E-state index in [0.29, 0.717) is 36.9 Å². The summed E-state index contributed by atoms with van der Waals surface area (Å²) in [5, 5.41) is 0. The van der Waals surface area contributed by atoms with E-state index in [-0.39, 0.29) is 5.97 Å². The van der Waals surface area contributed by atoms with Crippen LogP contribution in [0.4, 0.5) is 0 Å². The molecule has 2 rings (SSSR count). The van der Waals surface area contributed by atoms with E-state index in [4.69, 9.17) is 9.47 Å². The van der Waals surface area contributed by atoms with Gasteiger partial charge in [-0.15, -0.1) is 0 Å². The normalized spacial score (nSPS) is 12.8. The number of nitrogens with zero attached hydrogens (tertiary/aromatic N) is 1. The molecule has 0 fully saturated rings. The smallest absolute Gasteiger partial charge is 0.316 e. The quantitative estimate of drug-likeness (QED) is 0.310. The highest BCUT2D eigenvalue weighted by Gasteiger charge is 2.39. The molecule has 6 nitrogen and oxygen atoms in total. The van der Waals surface area contributed by atoms with Gasteiger partial charge in [-0.25, -0.2) is 0 Å². The minimum Gasteiger partial charge on any atom is -0.497 e. The van der Waals surface area contributed by atoms with Crippen LogP contribution in [-0.4, -0.2) is 57.3 Å². The van der Waals surface area contributed by atoms with Gasteiger partial charge in [0.15, 0.2) is 12.6 Å². The van der Waals surface area contributed by atoms with Crippen molar-refractivity contribution in [2.24, 2.45) is 0 Å². The maximum atomic E-state index is 13.1. The van der Waals surface area contributed by atoms with Crippen LogP contribution in [0.2, 0.25) is 0 Å². The molecular formula is C27H35NO5. The Kier molecular flexibility index (Phi) is 10.3. The van der Waals surface area contributed by atoms with Crippen LogP contribution in [0.1, 0.15) is 65.0 Å². The van der Waals surface area contributed by atoms with E-state index < -0.39 is 5.41 Å². The first-order valence-electron chi connectivity index (χ1n) is 11.5. The Balaban J connectivity index is 2.04. The van der Waals surface area contributed by atoms with Gasteiger partial charge in [-0.1, -0.05) is 31.2 Å². The second kappa shape index (κ2) is 12.9. The van der Waals surface area contributed by atoms with Gasteiger partial charge >= 0.3 is 5.97 Å². The molecule has 0 radical (unpaired) electrons. The highest BCUT2D eigenvalue weighted by Crippen LogP contribution is 2.36. The summed E-state index contributed by atoms with van der Waals surface area (Å²) in [6.07, 6.45) is 4.32. The number of ether oxygens (including phenoxy) is 2. The molecule has 0 aliphatic heterocycles. The Labute approximate surface area is 196 Å². The third kappa shape index (κ3) is 6.75. The summed E-state index contributed by atoms with van der Waals surface area (Å²) < 4.78 is 10.9. The van der Waals surface area contributed by atoms with Crippen molar-refractivity contribution in [3.8, 4) is 5.75 Å². The number of methoxy groups -OCH3 is 1. The van der Waals surface area contributed by atoms with Gasteiger partial charge in [-0.05, 0) is 75.5 Å². The summed E-state index contributed by atoms with van der Waals surface area (Å²) in [6, 6.07) is 13.0. The number of carbonyl (C=O) groups is 3. The second-order valence-electron chi connectivity index (χ2n) is 8.24. The number of rotatable bonds is 14.